The van der Waals surface area contributed by atoms with Crippen molar-refractivity contribution in [3.05, 3.63) is 71.0 Å². The van der Waals surface area contributed by atoms with Gasteiger partial charge in [-0.15, -0.1) is 0 Å². The maximum Gasteiger partial charge on any atom is 0.251 e. The lowest BCUT2D eigenvalue weighted by Gasteiger charge is -2.15. The molecule has 5 heteroatoms. The second-order valence-electron chi connectivity index (χ2n) is 6.25. The number of benzene rings is 2. The van der Waals surface area contributed by atoms with E-state index in [4.69, 9.17) is 0 Å². The van der Waals surface area contributed by atoms with Gasteiger partial charge in [0.15, 0.2) is 0 Å². The molecule has 1 aliphatic heterocycles. The van der Waals surface area contributed by atoms with Gasteiger partial charge >= 0.3 is 0 Å². The average Bonchev–Trinajstić information content (AvgIpc) is 3.00. The van der Waals surface area contributed by atoms with E-state index in [1.54, 1.807) is 18.2 Å². The van der Waals surface area contributed by atoms with Crippen LogP contribution in [0.2, 0.25) is 0 Å². The summed E-state index contributed by atoms with van der Waals surface area (Å²) >= 11 is 0. The van der Waals surface area contributed by atoms with Gasteiger partial charge in [-0.1, -0.05) is 24.3 Å². The summed E-state index contributed by atoms with van der Waals surface area (Å²) < 4.78 is 13.1. The highest BCUT2D eigenvalue weighted by Crippen LogP contribution is 2.14. The molecule has 2 aromatic rings. The summed E-state index contributed by atoms with van der Waals surface area (Å²) in [6.45, 7) is 1.85. The number of rotatable bonds is 6. The lowest BCUT2D eigenvalue weighted by Crippen LogP contribution is -2.26. The lowest BCUT2D eigenvalue weighted by atomic mass is 10.1. The van der Waals surface area contributed by atoms with Crippen molar-refractivity contribution in [3.8, 4) is 0 Å². The van der Waals surface area contributed by atoms with E-state index < -0.39 is 0 Å². The molecule has 3 rings (SSSR count). The van der Waals surface area contributed by atoms with E-state index in [0.717, 1.165) is 24.1 Å². The van der Waals surface area contributed by atoms with Crippen molar-refractivity contribution in [2.45, 2.75) is 25.8 Å². The van der Waals surface area contributed by atoms with Crippen LogP contribution in [0, 0.1) is 5.82 Å². The Morgan fingerprint density at radius 1 is 1.12 bits per heavy atom. The summed E-state index contributed by atoms with van der Waals surface area (Å²) in [5, 5.41) is 2.84. The zero-order valence-electron chi connectivity index (χ0n) is 14.0. The Kier molecular flexibility index (Phi) is 5.43. The fourth-order valence-corrected chi connectivity index (χ4v) is 2.97. The molecular weight excluding hydrogens is 319 g/mol. The number of hydrogen-bond donors (Lipinski definition) is 1. The molecule has 0 unspecified atom stereocenters. The smallest absolute Gasteiger partial charge is 0.251 e. The largest absolute Gasteiger partial charge is 0.352 e. The van der Waals surface area contributed by atoms with Gasteiger partial charge in [-0.25, -0.2) is 4.39 Å². The average molecular weight is 340 g/mol. The first-order valence-corrected chi connectivity index (χ1v) is 8.51. The molecule has 1 N–H and O–H groups in total. The zero-order valence-corrected chi connectivity index (χ0v) is 14.0. The SMILES string of the molecule is O=C(NCCc1cccc(F)c1)c1ccc(CN2CCCC2=O)cc1. The number of hydrogen-bond acceptors (Lipinski definition) is 2. The number of halogens is 1. The maximum atomic E-state index is 13.1. The van der Waals surface area contributed by atoms with Crippen molar-refractivity contribution in [3.63, 3.8) is 0 Å². The summed E-state index contributed by atoms with van der Waals surface area (Å²) in [5.41, 5.74) is 2.45. The molecule has 0 spiro atoms. The van der Waals surface area contributed by atoms with Gasteiger partial charge in [0.1, 0.15) is 5.82 Å². The van der Waals surface area contributed by atoms with Crippen molar-refractivity contribution in [1.29, 1.82) is 0 Å². The monoisotopic (exact) mass is 340 g/mol. The molecule has 2 aromatic carbocycles. The molecule has 1 heterocycles. The van der Waals surface area contributed by atoms with E-state index in [0.29, 0.717) is 31.5 Å². The van der Waals surface area contributed by atoms with Gasteiger partial charge in [0.05, 0.1) is 0 Å². The Morgan fingerprint density at radius 3 is 2.60 bits per heavy atom. The van der Waals surface area contributed by atoms with E-state index >= 15 is 0 Å². The van der Waals surface area contributed by atoms with Gasteiger partial charge in [0, 0.05) is 31.6 Å². The second kappa shape index (κ2) is 7.92. The van der Waals surface area contributed by atoms with E-state index in [2.05, 4.69) is 5.32 Å². The minimum atomic E-state index is -0.268. The molecule has 0 radical (unpaired) electrons. The van der Waals surface area contributed by atoms with Crippen LogP contribution in [0.15, 0.2) is 48.5 Å². The number of nitrogens with one attached hydrogen (secondary N) is 1. The molecule has 0 aromatic heterocycles. The lowest BCUT2D eigenvalue weighted by molar-refractivity contribution is -0.128. The Morgan fingerprint density at radius 2 is 1.92 bits per heavy atom. The van der Waals surface area contributed by atoms with Crippen molar-refractivity contribution < 1.29 is 14.0 Å². The van der Waals surface area contributed by atoms with Crippen LogP contribution in [-0.2, 0) is 17.8 Å². The number of amides is 2. The maximum absolute atomic E-state index is 13.1. The molecule has 25 heavy (non-hydrogen) atoms. The van der Waals surface area contributed by atoms with Crippen molar-refractivity contribution in [2.75, 3.05) is 13.1 Å². The first kappa shape index (κ1) is 17.1. The van der Waals surface area contributed by atoms with Crippen LogP contribution in [0.4, 0.5) is 4.39 Å². The van der Waals surface area contributed by atoms with E-state index in [-0.39, 0.29) is 17.6 Å². The predicted molar refractivity (Wildman–Crippen MR) is 93.5 cm³/mol. The molecule has 1 aliphatic rings. The minimum Gasteiger partial charge on any atom is -0.352 e. The Labute approximate surface area is 146 Å². The standard InChI is InChI=1S/C20H21FN2O2/c21-18-4-1-3-15(13-18)10-11-22-20(25)17-8-6-16(7-9-17)14-23-12-2-5-19(23)24/h1,3-4,6-9,13H,2,5,10-12,14H2,(H,22,25). The van der Waals surface area contributed by atoms with Crippen molar-refractivity contribution in [1.82, 2.24) is 10.2 Å². The summed E-state index contributed by atoms with van der Waals surface area (Å²) in [5.74, 6) is -0.227. The van der Waals surface area contributed by atoms with Gasteiger partial charge in [0.2, 0.25) is 5.91 Å². The van der Waals surface area contributed by atoms with Crippen LogP contribution < -0.4 is 5.32 Å². The van der Waals surface area contributed by atoms with E-state index in [9.17, 15) is 14.0 Å². The Hall–Kier alpha value is -2.69. The first-order valence-electron chi connectivity index (χ1n) is 8.51. The second-order valence-corrected chi connectivity index (χ2v) is 6.25. The highest BCUT2D eigenvalue weighted by Gasteiger charge is 2.19. The van der Waals surface area contributed by atoms with Crippen LogP contribution in [0.25, 0.3) is 0 Å². The van der Waals surface area contributed by atoms with Crippen LogP contribution in [0.1, 0.15) is 34.3 Å². The topological polar surface area (TPSA) is 49.4 Å². The highest BCUT2D eigenvalue weighted by atomic mass is 19.1. The molecule has 130 valence electrons. The molecule has 1 saturated heterocycles. The third-order valence-electron chi connectivity index (χ3n) is 4.35. The van der Waals surface area contributed by atoms with E-state index in [1.165, 1.54) is 12.1 Å². The molecule has 1 fully saturated rings. The molecule has 0 atom stereocenters. The van der Waals surface area contributed by atoms with Crippen LogP contribution in [0.5, 0.6) is 0 Å². The summed E-state index contributed by atoms with van der Waals surface area (Å²) in [4.78, 5) is 25.6. The molecule has 0 saturated carbocycles. The zero-order chi connectivity index (χ0) is 17.6. The number of carbonyl (C=O) groups is 2. The van der Waals surface area contributed by atoms with E-state index in [1.807, 2.05) is 23.1 Å². The molecular formula is C20H21FN2O2. The molecule has 2 amide bonds. The molecule has 0 aliphatic carbocycles. The number of carbonyl (C=O) groups excluding carboxylic acids is 2. The summed E-state index contributed by atoms with van der Waals surface area (Å²) in [7, 11) is 0. The van der Waals surface area contributed by atoms with Gasteiger partial charge in [-0.2, -0.15) is 0 Å². The fourth-order valence-electron chi connectivity index (χ4n) is 2.97. The molecule has 4 nitrogen and oxygen atoms in total. The third kappa shape index (κ3) is 4.66. The van der Waals surface area contributed by atoms with Crippen molar-refractivity contribution in [2.24, 2.45) is 0 Å². The van der Waals surface area contributed by atoms with Crippen molar-refractivity contribution >= 4 is 11.8 Å². The Balaban J connectivity index is 1.49. The van der Waals surface area contributed by atoms with Crippen LogP contribution >= 0.6 is 0 Å². The number of likely N-dealkylation sites (tertiary alicyclic amines) is 1. The van der Waals surface area contributed by atoms with Gasteiger partial charge in [-0.05, 0) is 48.2 Å². The Bertz CT molecular complexity index is 759. The summed E-state index contributed by atoms with van der Waals surface area (Å²) in [6.07, 6.45) is 2.13. The normalized spacial score (nSPS) is 14.0. The van der Waals surface area contributed by atoms with Crippen LogP contribution in [-0.4, -0.2) is 29.8 Å². The number of nitrogens with zero attached hydrogens (tertiary/aromatic N) is 1. The predicted octanol–water partition coefficient (Wildman–Crippen LogP) is 2.92. The van der Waals surface area contributed by atoms with Gasteiger partial charge in [-0.3, -0.25) is 9.59 Å². The van der Waals surface area contributed by atoms with Crippen LogP contribution in [0.3, 0.4) is 0 Å². The minimum absolute atomic E-state index is 0.153. The fraction of sp³-hybridized carbons (Fsp3) is 0.300. The molecule has 0 bridgehead atoms. The third-order valence-corrected chi connectivity index (χ3v) is 4.35. The quantitative estimate of drug-likeness (QED) is 0.879. The van der Waals surface area contributed by atoms with Gasteiger partial charge in [0.25, 0.3) is 5.91 Å². The summed E-state index contributed by atoms with van der Waals surface area (Å²) in [6, 6.07) is 13.7. The highest BCUT2D eigenvalue weighted by molar-refractivity contribution is 5.94. The van der Waals surface area contributed by atoms with Gasteiger partial charge < -0.3 is 10.2 Å². The first-order chi connectivity index (χ1) is 12.1.